The second kappa shape index (κ2) is 7.36. The second-order valence-corrected chi connectivity index (χ2v) is 9.54. The van der Waals surface area contributed by atoms with Crippen molar-refractivity contribution >= 4 is 27.7 Å². The van der Waals surface area contributed by atoms with Crippen LogP contribution < -0.4 is 5.32 Å². The molecule has 0 aliphatic carbocycles. The molecule has 11 heteroatoms. The molecule has 2 atom stereocenters. The number of halogens is 2. The molecule has 0 saturated carbocycles. The summed E-state index contributed by atoms with van der Waals surface area (Å²) in [5.41, 5.74) is -2.21. The van der Waals surface area contributed by atoms with Crippen LogP contribution in [-0.2, 0) is 25.0 Å². The lowest BCUT2D eigenvalue weighted by atomic mass is 9.91. The Labute approximate surface area is 166 Å². The van der Waals surface area contributed by atoms with Crippen molar-refractivity contribution in [3.05, 3.63) is 35.4 Å². The van der Waals surface area contributed by atoms with Gasteiger partial charge in [-0.25, -0.2) is 22.0 Å². The van der Waals surface area contributed by atoms with E-state index in [2.05, 4.69) is 5.32 Å². The van der Waals surface area contributed by atoms with E-state index in [4.69, 9.17) is 0 Å². The first kappa shape index (κ1) is 21.2. The number of carbonyl (C=O) groups is 3. The Hall–Kier alpha value is -2.56. The minimum Gasteiger partial charge on any atom is -0.337 e. The molecular formula is C18H21F2N3O5S. The summed E-state index contributed by atoms with van der Waals surface area (Å²) in [5, 5.41) is 2.32. The first-order valence-electron chi connectivity index (χ1n) is 9.08. The van der Waals surface area contributed by atoms with E-state index in [1.807, 2.05) is 0 Å². The van der Waals surface area contributed by atoms with Crippen LogP contribution in [0, 0.1) is 11.6 Å². The monoisotopic (exact) mass is 429 g/mol. The predicted molar refractivity (Wildman–Crippen MR) is 98.4 cm³/mol. The van der Waals surface area contributed by atoms with E-state index in [1.165, 1.54) is 11.8 Å². The summed E-state index contributed by atoms with van der Waals surface area (Å²) >= 11 is 0. The lowest BCUT2D eigenvalue weighted by molar-refractivity contribution is -0.139. The number of sulfone groups is 1. The van der Waals surface area contributed by atoms with Crippen molar-refractivity contribution in [3.63, 3.8) is 0 Å². The molecular weight excluding hydrogens is 408 g/mol. The van der Waals surface area contributed by atoms with Crippen molar-refractivity contribution in [2.24, 2.45) is 0 Å². The van der Waals surface area contributed by atoms with Crippen molar-refractivity contribution in [1.29, 1.82) is 0 Å². The van der Waals surface area contributed by atoms with Gasteiger partial charge in [-0.1, -0.05) is 0 Å². The van der Waals surface area contributed by atoms with E-state index in [0.29, 0.717) is 4.90 Å². The molecule has 2 aliphatic rings. The average Bonchev–Trinajstić information content (AvgIpc) is 3.10. The molecule has 0 unspecified atom stereocenters. The van der Waals surface area contributed by atoms with Gasteiger partial charge in [-0.05, 0) is 38.5 Å². The zero-order chi connectivity index (χ0) is 21.6. The number of urea groups is 1. The molecule has 8 nitrogen and oxygen atoms in total. The highest BCUT2D eigenvalue weighted by molar-refractivity contribution is 7.91. The van der Waals surface area contributed by atoms with Crippen LogP contribution in [0.5, 0.6) is 0 Å². The van der Waals surface area contributed by atoms with Crippen molar-refractivity contribution in [2.45, 2.75) is 31.8 Å². The van der Waals surface area contributed by atoms with Crippen LogP contribution in [0.25, 0.3) is 0 Å². The Bertz CT molecular complexity index is 984. The highest BCUT2D eigenvalue weighted by atomic mass is 32.2. The number of hydrogen-bond acceptors (Lipinski definition) is 5. The van der Waals surface area contributed by atoms with Gasteiger partial charge in [-0.15, -0.1) is 0 Å². The fraction of sp³-hybridized carbons (Fsp3) is 0.500. The molecule has 4 amide bonds. The van der Waals surface area contributed by atoms with Crippen LogP contribution in [0.1, 0.15) is 25.8 Å². The molecule has 1 N–H and O–H groups in total. The SMILES string of the molecule is CCN(C(=O)CN1C(=O)N[C@@](C)(c2cc(F)ccc2F)C1=O)[C@H]1CCS(=O)(=O)C1. The molecule has 1 aromatic carbocycles. The molecule has 0 spiro atoms. The zero-order valence-corrected chi connectivity index (χ0v) is 16.8. The molecule has 2 saturated heterocycles. The van der Waals surface area contributed by atoms with Gasteiger partial charge in [-0.2, -0.15) is 0 Å². The lowest BCUT2D eigenvalue weighted by Gasteiger charge is -2.28. The number of nitrogens with zero attached hydrogens (tertiary/aromatic N) is 2. The van der Waals surface area contributed by atoms with E-state index in [1.54, 1.807) is 6.92 Å². The molecule has 0 radical (unpaired) electrons. The van der Waals surface area contributed by atoms with Crippen LogP contribution in [0.3, 0.4) is 0 Å². The number of amides is 4. The molecule has 2 aliphatic heterocycles. The third-order valence-corrected chi connectivity index (χ3v) is 7.10. The lowest BCUT2D eigenvalue weighted by Crippen LogP contribution is -2.48. The summed E-state index contributed by atoms with van der Waals surface area (Å²) in [6, 6.07) is 1.12. The van der Waals surface area contributed by atoms with E-state index < -0.39 is 57.4 Å². The maximum Gasteiger partial charge on any atom is 0.325 e. The number of nitrogens with one attached hydrogen (secondary N) is 1. The summed E-state index contributed by atoms with van der Waals surface area (Å²) in [5.74, 6) is -3.33. The number of rotatable bonds is 5. The van der Waals surface area contributed by atoms with Gasteiger partial charge in [0.25, 0.3) is 5.91 Å². The average molecular weight is 429 g/mol. The van der Waals surface area contributed by atoms with E-state index in [9.17, 15) is 31.6 Å². The summed E-state index contributed by atoms with van der Waals surface area (Å²) in [7, 11) is -3.23. The second-order valence-electron chi connectivity index (χ2n) is 7.31. The number of benzene rings is 1. The van der Waals surface area contributed by atoms with E-state index in [0.717, 1.165) is 18.2 Å². The van der Waals surface area contributed by atoms with Crippen LogP contribution in [-0.4, -0.2) is 66.7 Å². The van der Waals surface area contributed by atoms with Gasteiger partial charge in [0.05, 0.1) is 11.5 Å². The summed E-state index contributed by atoms with van der Waals surface area (Å²) in [4.78, 5) is 39.9. The summed E-state index contributed by atoms with van der Waals surface area (Å²) in [6.45, 7) is 2.48. The van der Waals surface area contributed by atoms with Crippen molar-refractivity contribution in [1.82, 2.24) is 15.1 Å². The van der Waals surface area contributed by atoms with Gasteiger partial charge in [0.2, 0.25) is 5.91 Å². The quantitative estimate of drug-likeness (QED) is 0.697. The molecule has 29 heavy (non-hydrogen) atoms. The molecule has 0 bridgehead atoms. The number of carbonyl (C=O) groups excluding carboxylic acids is 3. The number of likely N-dealkylation sites (N-methyl/N-ethyl adjacent to an activating group) is 1. The molecule has 1 aromatic rings. The largest absolute Gasteiger partial charge is 0.337 e. The van der Waals surface area contributed by atoms with Gasteiger partial charge >= 0.3 is 6.03 Å². The topological polar surface area (TPSA) is 104 Å². The van der Waals surface area contributed by atoms with Gasteiger partial charge in [0.1, 0.15) is 23.7 Å². The maximum atomic E-state index is 14.2. The first-order valence-corrected chi connectivity index (χ1v) is 10.9. The molecule has 158 valence electrons. The standard InChI is InChI=1S/C18H21F2N3O5S/c1-3-22(12-6-7-29(27,28)10-12)15(24)9-23-16(25)18(2,21-17(23)26)13-8-11(19)4-5-14(13)20/h4-5,8,12H,3,6-7,9-10H2,1-2H3,(H,21,26)/t12-,18-/m0/s1. The van der Waals surface area contributed by atoms with E-state index >= 15 is 0 Å². The van der Waals surface area contributed by atoms with Gasteiger partial charge in [0, 0.05) is 18.2 Å². The van der Waals surface area contributed by atoms with Crippen LogP contribution in [0.15, 0.2) is 18.2 Å². The molecule has 2 fully saturated rings. The Morgan fingerprint density at radius 2 is 2.03 bits per heavy atom. The van der Waals surface area contributed by atoms with Crippen LogP contribution in [0.4, 0.5) is 13.6 Å². The Kier molecular flexibility index (Phi) is 5.37. The minimum absolute atomic E-state index is 0.0263. The number of hydrogen-bond donors (Lipinski definition) is 1. The van der Waals surface area contributed by atoms with Gasteiger partial charge in [-0.3, -0.25) is 14.5 Å². The number of imide groups is 1. The Balaban J connectivity index is 1.81. The normalized spacial score (nSPS) is 25.9. The third kappa shape index (κ3) is 3.83. The van der Waals surface area contributed by atoms with E-state index in [-0.39, 0.29) is 30.0 Å². The van der Waals surface area contributed by atoms with Crippen LogP contribution >= 0.6 is 0 Å². The molecule has 3 rings (SSSR count). The van der Waals surface area contributed by atoms with Crippen molar-refractivity contribution in [3.8, 4) is 0 Å². The van der Waals surface area contributed by atoms with Crippen molar-refractivity contribution in [2.75, 3.05) is 24.6 Å². The zero-order valence-electron chi connectivity index (χ0n) is 15.9. The first-order chi connectivity index (χ1) is 13.5. The van der Waals surface area contributed by atoms with Gasteiger partial charge < -0.3 is 10.2 Å². The smallest absolute Gasteiger partial charge is 0.325 e. The van der Waals surface area contributed by atoms with Gasteiger partial charge in [0.15, 0.2) is 9.84 Å². The third-order valence-electron chi connectivity index (χ3n) is 5.35. The fourth-order valence-corrected chi connectivity index (χ4v) is 5.52. The predicted octanol–water partition coefficient (Wildman–Crippen LogP) is 0.767. The Morgan fingerprint density at radius 3 is 2.62 bits per heavy atom. The molecule has 0 aromatic heterocycles. The van der Waals surface area contributed by atoms with Crippen LogP contribution in [0.2, 0.25) is 0 Å². The highest BCUT2D eigenvalue weighted by Gasteiger charge is 2.51. The Morgan fingerprint density at radius 1 is 1.34 bits per heavy atom. The fourth-order valence-electron chi connectivity index (χ4n) is 3.79. The minimum atomic E-state index is -3.23. The summed E-state index contributed by atoms with van der Waals surface area (Å²) < 4.78 is 51.2. The maximum absolute atomic E-state index is 14.2. The highest BCUT2D eigenvalue weighted by Crippen LogP contribution is 2.31. The summed E-state index contributed by atoms with van der Waals surface area (Å²) in [6.07, 6.45) is 0.286. The van der Waals surface area contributed by atoms with Crippen molar-refractivity contribution < 1.29 is 31.6 Å². The molecule has 2 heterocycles.